The van der Waals surface area contributed by atoms with Crippen molar-refractivity contribution in [2.24, 2.45) is 0 Å². The van der Waals surface area contributed by atoms with Gasteiger partial charge in [0.25, 0.3) is 0 Å². The van der Waals surface area contributed by atoms with Crippen LogP contribution in [0.5, 0.6) is 23.1 Å². The van der Waals surface area contributed by atoms with E-state index in [1.165, 1.54) is 11.1 Å². The van der Waals surface area contributed by atoms with Crippen LogP contribution in [0.3, 0.4) is 0 Å². The molecule has 0 N–H and O–H groups in total. The van der Waals surface area contributed by atoms with Crippen LogP contribution in [0.25, 0.3) is 6.08 Å². The van der Waals surface area contributed by atoms with Crippen molar-refractivity contribution in [1.29, 1.82) is 0 Å². The molecule has 1 amide bonds. The Balaban J connectivity index is 0.00000541. The molecule has 0 unspecified atom stereocenters. The van der Waals surface area contributed by atoms with Crippen LogP contribution < -0.4 is 14.2 Å². The molecule has 0 saturated carbocycles. The second kappa shape index (κ2) is 19.0. The zero-order valence-corrected chi connectivity index (χ0v) is 32.5. The SMILES string of the molecule is Cc1cc(/C=C/C(=O)N2CCN(Cc3ccc(COc4ccc(C(C)C)cc4)cc3)CC2)cc(Cl)c1Oc1ccc(OCc2ccccc2Cl)cn1.Cl. The van der Waals surface area contributed by atoms with Crippen molar-refractivity contribution in [3.63, 3.8) is 0 Å². The number of ether oxygens (including phenoxy) is 3. The van der Waals surface area contributed by atoms with Crippen molar-refractivity contribution >= 4 is 47.6 Å². The molecular formula is C43H44Cl3N3O4. The Kier molecular flexibility index (Phi) is 14.2. The lowest BCUT2D eigenvalue weighted by Gasteiger charge is -2.34. The molecule has 53 heavy (non-hydrogen) atoms. The summed E-state index contributed by atoms with van der Waals surface area (Å²) in [7, 11) is 0. The molecule has 0 spiro atoms. The summed E-state index contributed by atoms with van der Waals surface area (Å²) in [5.74, 6) is 2.86. The molecule has 1 aliphatic rings. The molecule has 1 aliphatic heterocycles. The average Bonchev–Trinajstić information content (AvgIpc) is 3.15. The number of hydrogen-bond donors (Lipinski definition) is 0. The second-order valence-corrected chi connectivity index (χ2v) is 14.0. The Morgan fingerprint density at radius 1 is 0.811 bits per heavy atom. The maximum absolute atomic E-state index is 13.1. The van der Waals surface area contributed by atoms with Gasteiger partial charge in [0.1, 0.15) is 24.7 Å². The fourth-order valence-corrected chi connectivity index (χ4v) is 6.39. The number of nitrogens with zero attached hydrogens (tertiary/aromatic N) is 3. The van der Waals surface area contributed by atoms with Gasteiger partial charge in [0.05, 0.1) is 11.2 Å². The van der Waals surface area contributed by atoms with Crippen LogP contribution in [0.4, 0.5) is 0 Å². The van der Waals surface area contributed by atoms with Crippen molar-refractivity contribution in [2.45, 2.75) is 46.4 Å². The lowest BCUT2D eigenvalue weighted by molar-refractivity contribution is -0.127. The minimum absolute atomic E-state index is 0. The Morgan fingerprint density at radius 2 is 1.49 bits per heavy atom. The molecule has 7 nitrogen and oxygen atoms in total. The maximum Gasteiger partial charge on any atom is 0.246 e. The Hall–Kier alpha value is -4.53. The van der Waals surface area contributed by atoms with Crippen molar-refractivity contribution in [3.05, 3.63) is 153 Å². The number of halogens is 3. The Morgan fingerprint density at radius 3 is 2.15 bits per heavy atom. The highest BCUT2D eigenvalue weighted by Gasteiger charge is 2.20. The van der Waals surface area contributed by atoms with Gasteiger partial charge in [-0.05, 0) is 83.1 Å². The zero-order valence-electron chi connectivity index (χ0n) is 30.1. The topological polar surface area (TPSA) is 64.1 Å². The first-order chi connectivity index (χ1) is 25.2. The smallest absolute Gasteiger partial charge is 0.246 e. The van der Waals surface area contributed by atoms with Crippen LogP contribution in [0.2, 0.25) is 10.0 Å². The Bertz CT molecular complexity index is 1950. The summed E-state index contributed by atoms with van der Waals surface area (Å²) in [6.45, 7) is 11.0. The number of amides is 1. The van der Waals surface area contributed by atoms with Gasteiger partial charge >= 0.3 is 0 Å². The van der Waals surface area contributed by atoms with Gasteiger partial charge < -0.3 is 19.1 Å². The van der Waals surface area contributed by atoms with Gasteiger partial charge in [-0.15, -0.1) is 12.4 Å². The molecule has 5 aromatic rings. The predicted molar refractivity (Wildman–Crippen MR) is 216 cm³/mol. The van der Waals surface area contributed by atoms with Crippen LogP contribution in [0.1, 0.15) is 53.1 Å². The number of carbonyl (C=O) groups excluding carboxylic acids is 1. The monoisotopic (exact) mass is 771 g/mol. The zero-order chi connectivity index (χ0) is 36.5. The predicted octanol–water partition coefficient (Wildman–Crippen LogP) is 10.5. The summed E-state index contributed by atoms with van der Waals surface area (Å²) in [6, 6.07) is 31.7. The number of aromatic nitrogens is 1. The van der Waals surface area contributed by atoms with E-state index in [0.29, 0.717) is 59.6 Å². The first-order valence-corrected chi connectivity index (χ1v) is 18.3. The van der Waals surface area contributed by atoms with Crippen molar-refractivity contribution in [2.75, 3.05) is 26.2 Å². The highest BCUT2D eigenvalue weighted by Crippen LogP contribution is 2.34. The van der Waals surface area contributed by atoms with Crippen molar-refractivity contribution < 1.29 is 19.0 Å². The third-order valence-electron chi connectivity index (χ3n) is 9.00. The van der Waals surface area contributed by atoms with E-state index in [1.54, 1.807) is 36.5 Å². The van der Waals surface area contributed by atoms with Gasteiger partial charge in [0, 0.05) is 55.5 Å². The van der Waals surface area contributed by atoms with E-state index in [-0.39, 0.29) is 18.3 Å². The maximum atomic E-state index is 13.1. The van der Waals surface area contributed by atoms with Gasteiger partial charge in [-0.25, -0.2) is 4.98 Å². The van der Waals surface area contributed by atoms with Gasteiger partial charge in [-0.2, -0.15) is 0 Å². The van der Waals surface area contributed by atoms with Crippen LogP contribution in [-0.4, -0.2) is 46.9 Å². The van der Waals surface area contributed by atoms with E-state index in [0.717, 1.165) is 47.6 Å². The van der Waals surface area contributed by atoms with Crippen molar-refractivity contribution in [1.82, 2.24) is 14.8 Å². The molecule has 10 heteroatoms. The molecule has 0 radical (unpaired) electrons. The average molecular weight is 773 g/mol. The van der Waals surface area contributed by atoms with E-state index in [4.69, 9.17) is 37.4 Å². The third kappa shape index (κ3) is 11.2. The molecular weight excluding hydrogens is 729 g/mol. The van der Waals surface area contributed by atoms with E-state index in [2.05, 4.69) is 60.1 Å². The van der Waals surface area contributed by atoms with Gasteiger partial charge in [-0.3, -0.25) is 9.69 Å². The molecule has 0 atom stereocenters. The first-order valence-electron chi connectivity index (χ1n) is 17.5. The highest BCUT2D eigenvalue weighted by atomic mass is 35.5. The summed E-state index contributed by atoms with van der Waals surface area (Å²) in [5, 5.41) is 1.08. The molecule has 4 aromatic carbocycles. The summed E-state index contributed by atoms with van der Waals surface area (Å²) in [5.41, 5.74) is 6.22. The number of pyridine rings is 1. The molecule has 1 saturated heterocycles. The summed E-state index contributed by atoms with van der Waals surface area (Å²) >= 11 is 12.8. The number of carbonyl (C=O) groups is 1. The molecule has 2 heterocycles. The normalized spacial score (nSPS) is 13.2. The molecule has 6 rings (SSSR count). The third-order valence-corrected chi connectivity index (χ3v) is 9.65. The second-order valence-electron chi connectivity index (χ2n) is 13.2. The van der Waals surface area contributed by atoms with Crippen LogP contribution in [0, 0.1) is 6.92 Å². The quantitative estimate of drug-likeness (QED) is 0.111. The molecule has 1 fully saturated rings. The summed E-state index contributed by atoms with van der Waals surface area (Å²) in [4.78, 5) is 21.7. The Labute approximate surface area is 328 Å². The lowest BCUT2D eigenvalue weighted by Crippen LogP contribution is -2.47. The largest absolute Gasteiger partial charge is 0.489 e. The molecule has 0 bridgehead atoms. The fraction of sp³-hybridized carbons (Fsp3) is 0.256. The summed E-state index contributed by atoms with van der Waals surface area (Å²) in [6.07, 6.45) is 5.01. The number of rotatable bonds is 13. The number of hydrogen-bond acceptors (Lipinski definition) is 6. The highest BCUT2D eigenvalue weighted by molar-refractivity contribution is 6.32. The van der Waals surface area contributed by atoms with Crippen LogP contribution in [0.15, 0.2) is 109 Å². The van der Waals surface area contributed by atoms with Gasteiger partial charge in [0.15, 0.2) is 5.75 Å². The van der Waals surface area contributed by atoms with E-state index in [1.807, 2.05) is 54.3 Å². The minimum atomic E-state index is -0.0157. The summed E-state index contributed by atoms with van der Waals surface area (Å²) < 4.78 is 17.8. The minimum Gasteiger partial charge on any atom is -0.489 e. The first kappa shape index (κ1) is 39.7. The molecule has 276 valence electrons. The van der Waals surface area contributed by atoms with E-state index < -0.39 is 0 Å². The van der Waals surface area contributed by atoms with Gasteiger partial charge in [0.2, 0.25) is 11.8 Å². The standard InChI is InChI=1S/C43H43Cl2N3O4.ClH/c1-30(2)35-13-15-37(16-14-35)50-28-33-10-8-32(9-11-33)27-47-20-22-48(23-21-47)42(49)19-12-34-24-31(3)43(40(45)25-34)52-41-18-17-38(26-46-41)51-29-36-6-4-5-7-39(36)44;/h4-19,24-26,30H,20-23,27-29H2,1-3H3;1H/b19-12+;. The number of aryl methyl sites for hydroxylation is 1. The number of piperazine rings is 1. The van der Waals surface area contributed by atoms with Crippen molar-refractivity contribution in [3.8, 4) is 23.1 Å². The van der Waals surface area contributed by atoms with Gasteiger partial charge in [-0.1, -0.05) is 91.6 Å². The fourth-order valence-electron chi connectivity index (χ4n) is 5.89. The van der Waals surface area contributed by atoms with E-state index >= 15 is 0 Å². The van der Waals surface area contributed by atoms with Crippen LogP contribution >= 0.6 is 35.6 Å². The molecule has 0 aliphatic carbocycles. The number of benzene rings is 4. The van der Waals surface area contributed by atoms with E-state index in [9.17, 15) is 4.79 Å². The molecule has 1 aromatic heterocycles. The van der Waals surface area contributed by atoms with Crippen LogP contribution in [-0.2, 0) is 24.6 Å². The lowest BCUT2D eigenvalue weighted by atomic mass is 10.0.